The van der Waals surface area contributed by atoms with Crippen LogP contribution in [0.3, 0.4) is 0 Å². The highest BCUT2D eigenvalue weighted by Crippen LogP contribution is 2.25. The average molecular weight is 290 g/mol. The van der Waals surface area contributed by atoms with Crippen LogP contribution in [0.2, 0.25) is 0 Å². The predicted molar refractivity (Wildman–Crippen MR) is 82.8 cm³/mol. The smallest absolute Gasteiger partial charge is 0.322 e. The second kappa shape index (κ2) is 6.58. The van der Waals surface area contributed by atoms with Gasteiger partial charge in [0.1, 0.15) is 0 Å². The first-order valence-electron chi connectivity index (χ1n) is 7.11. The SMILES string of the molecule is CNCCN(C)C(=O)c1cccc(N2CCNC2=O)c1C. The molecule has 1 heterocycles. The van der Waals surface area contributed by atoms with Gasteiger partial charge in [-0.05, 0) is 31.7 Å². The Morgan fingerprint density at radius 2 is 2.24 bits per heavy atom. The number of rotatable bonds is 5. The van der Waals surface area contributed by atoms with Crippen LogP contribution < -0.4 is 15.5 Å². The summed E-state index contributed by atoms with van der Waals surface area (Å²) in [6, 6.07) is 5.41. The quantitative estimate of drug-likeness (QED) is 0.843. The first kappa shape index (κ1) is 15.3. The maximum Gasteiger partial charge on any atom is 0.322 e. The summed E-state index contributed by atoms with van der Waals surface area (Å²) in [6.07, 6.45) is 0. The van der Waals surface area contributed by atoms with Gasteiger partial charge in [-0.25, -0.2) is 4.79 Å². The fraction of sp³-hybridized carbons (Fsp3) is 0.467. The summed E-state index contributed by atoms with van der Waals surface area (Å²) in [7, 11) is 3.64. The summed E-state index contributed by atoms with van der Waals surface area (Å²) >= 11 is 0. The van der Waals surface area contributed by atoms with E-state index in [-0.39, 0.29) is 11.9 Å². The third-order valence-corrected chi connectivity index (χ3v) is 3.73. The van der Waals surface area contributed by atoms with Gasteiger partial charge in [0.25, 0.3) is 5.91 Å². The average Bonchev–Trinajstić information content (AvgIpc) is 2.90. The Morgan fingerprint density at radius 3 is 2.86 bits per heavy atom. The Labute approximate surface area is 125 Å². The molecule has 1 aliphatic heterocycles. The van der Waals surface area contributed by atoms with Crippen molar-refractivity contribution >= 4 is 17.6 Å². The van der Waals surface area contributed by atoms with Crippen LogP contribution in [0.15, 0.2) is 18.2 Å². The topological polar surface area (TPSA) is 64.7 Å². The molecule has 1 aliphatic rings. The number of likely N-dealkylation sites (N-methyl/N-ethyl adjacent to an activating group) is 2. The minimum atomic E-state index is -0.105. The standard InChI is InChI=1S/C15H22N4O2/c1-11-12(14(20)18(3)9-7-16-2)5-4-6-13(11)19-10-8-17-15(19)21/h4-6,16H,7-10H2,1-3H3,(H,17,21). The van der Waals surface area contributed by atoms with E-state index in [9.17, 15) is 9.59 Å². The molecule has 1 fully saturated rings. The van der Waals surface area contributed by atoms with Crippen molar-refractivity contribution in [2.45, 2.75) is 6.92 Å². The van der Waals surface area contributed by atoms with Crippen molar-refractivity contribution in [3.8, 4) is 0 Å². The van der Waals surface area contributed by atoms with Gasteiger partial charge in [0.05, 0.1) is 0 Å². The van der Waals surface area contributed by atoms with Gasteiger partial charge in [0, 0.05) is 44.5 Å². The fourth-order valence-electron chi connectivity index (χ4n) is 2.44. The first-order chi connectivity index (χ1) is 10.1. The fourth-order valence-corrected chi connectivity index (χ4v) is 2.44. The molecule has 0 radical (unpaired) electrons. The van der Waals surface area contributed by atoms with Crippen molar-refractivity contribution in [2.24, 2.45) is 0 Å². The first-order valence-corrected chi connectivity index (χ1v) is 7.11. The molecule has 0 aromatic heterocycles. The minimum absolute atomic E-state index is 0.0239. The summed E-state index contributed by atoms with van der Waals surface area (Å²) in [5.74, 6) is -0.0239. The molecular weight excluding hydrogens is 268 g/mol. The zero-order chi connectivity index (χ0) is 15.4. The van der Waals surface area contributed by atoms with Crippen molar-refractivity contribution in [3.63, 3.8) is 0 Å². The molecule has 0 saturated carbocycles. The van der Waals surface area contributed by atoms with Gasteiger partial charge in [0.15, 0.2) is 0 Å². The summed E-state index contributed by atoms with van der Waals surface area (Å²) < 4.78 is 0. The molecule has 1 saturated heterocycles. The summed E-state index contributed by atoms with van der Waals surface area (Å²) in [5, 5.41) is 5.80. The van der Waals surface area contributed by atoms with E-state index in [1.54, 1.807) is 16.8 Å². The maximum absolute atomic E-state index is 12.5. The van der Waals surface area contributed by atoms with E-state index in [1.165, 1.54) is 0 Å². The van der Waals surface area contributed by atoms with Gasteiger partial charge < -0.3 is 15.5 Å². The minimum Gasteiger partial charge on any atom is -0.340 e. The second-order valence-electron chi connectivity index (χ2n) is 5.16. The van der Waals surface area contributed by atoms with Crippen LogP contribution in [0.5, 0.6) is 0 Å². The number of benzene rings is 1. The van der Waals surface area contributed by atoms with Crippen LogP contribution in [-0.4, -0.2) is 57.1 Å². The summed E-state index contributed by atoms with van der Waals surface area (Å²) in [4.78, 5) is 27.7. The Kier molecular flexibility index (Phi) is 4.80. The monoisotopic (exact) mass is 290 g/mol. The van der Waals surface area contributed by atoms with Gasteiger partial charge in [0.2, 0.25) is 0 Å². The Morgan fingerprint density at radius 1 is 1.48 bits per heavy atom. The van der Waals surface area contributed by atoms with Crippen LogP contribution in [0.4, 0.5) is 10.5 Å². The number of nitrogens with one attached hydrogen (secondary N) is 2. The number of hydrogen-bond donors (Lipinski definition) is 2. The highest BCUT2D eigenvalue weighted by molar-refractivity contribution is 6.00. The van der Waals surface area contributed by atoms with Crippen molar-refractivity contribution in [3.05, 3.63) is 29.3 Å². The molecule has 0 atom stereocenters. The summed E-state index contributed by atoms with van der Waals surface area (Å²) in [5.41, 5.74) is 2.29. The van der Waals surface area contributed by atoms with Gasteiger partial charge >= 0.3 is 6.03 Å². The van der Waals surface area contributed by atoms with Crippen LogP contribution in [0.1, 0.15) is 15.9 Å². The van der Waals surface area contributed by atoms with Gasteiger partial charge in [-0.15, -0.1) is 0 Å². The number of hydrogen-bond acceptors (Lipinski definition) is 3. The van der Waals surface area contributed by atoms with E-state index in [2.05, 4.69) is 10.6 Å². The predicted octanol–water partition coefficient (Wildman–Crippen LogP) is 0.816. The number of urea groups is 1. The molecule has 6 nitrogen and oxygen atoms in total. The largest absolute Gasteiger partial charge is 0.340 e. The van der Waals surface area contributed by atoms with Gasteiger partial charge in [-0.2, -0.15) is 0 Å². The number of nitrogens with zero attached hydrogens (tertiary/aromatic N) is 2. The molecule has 2 rings (SSSR count). The molecule has 0 bridgehead atoms. The Bertz CT molecular complexity index is 544. The normalized spacial score (nSPS) is 14.2. The van der Waals surface area contributed by atoms with E-state index < -0.39 is 0 Å². The lowest BCUT2D eigenvalue weighted by molar-refractivity contribution is 0.0796. The van der Waals surface area contributed by atoms with Crippen LogP contribution in [0.25, 0.3) is 0 Å². The van der Waals surface area contributed by atoms with Crippen LogP contribution >= 0.6 is 0 Å². The molecule has 2 N–H and O–H groups in total. The zero-order valence-electron chi connectivity index (χ0n) is 12.8. The molecule has 6 heteroatoms. The molecule has 1 aromatic carbocycles. The molecule has 114 valence electrons. The molecule has 1 aromatic rings. The number of carbonyl (C=O) groups is 2. The van der Waals surface area contributed by atoms with Gasteiger partial charge in [-0.3, -0.25) is 9.69 Å². The second-order valence-corrected chi connectivity index (χ2v) is 5.16. The molecule has 0 aliphatic carbocycles. The lowest BCUT2D eigenvalue weighted by Crippen LogP contribution is -2.34. The Hall–Kier alpha value is -2.08. The molecule has 0 spiro atoms. The van der Waals surface area contributed by atoms with E-state index in [1.807, 2.05) is 32.2 Å². The molecular formula is C15H22N4O2. The number of anilines is 1. The highest BCUT2D eigenvalue weighted by Gasteiger charge is 2.24. The summed E-state index contributed by atoms with van der Waals surface area (Å²) in [6.45, 7) is 4.55. The third-order valence-electron chi connectivity index (χ3n) is 3.73. The van der Waals surface area contributed by atoms with Crippen molar-refractivity contribution in [1.29, 1.82) is 0 Å². The van der Waals surface area contributed by atoms with Crippen LogP contribution in [-0.2, 0) is 0 Å². The van der Waals surface area contributed by atoms with E-state index >= 15 is 0 Å². The van der Waals surface area contributed by atoms with Crippen molar-refractivity contribution < 1.29 is 9.59 Å². The molecule has 3 amide bonds. The van der Waals surface area contributed by atoms with Crippen LogP contribution in [0, 0.1) is 6.92 Å². The number of carbonyl (C=O) groups excluding carboxylic acids is 2. The van der Waals surface area contributed by atoms with E-state index in [0.29, 0.717) is 25.2 Å². The zero-order valence-corrected chi connectivity index (χ0v) is 12.8. The number of amides is 3. The Balaban J connectivity index is 2.25. The third kappa shape index (κ3) is 3.16. The van der Waals surface area contributed by atoms with Gasteiger partial charge in [-0.1, -0.05) is 6.07 Å². The molecule has 21 heavy (non-hydrogen) atoms. The lowest BCUT2D eigenvalue weighted by atomic mass is 10.0. The van der Waals surface area contributed by atoms with E-state index in [4.69, 9.17) is 0 Å². The highest BCUT2D eigenvalue weighted by atomic mass is 16.2. The molecule has 0 unspecified atom stereocenters. The van der Waals surface area contributed by atoms with Crippen molar-refractivity contribution in [2.75, 3.05) is 45.2 Å². The van der Waals surface area contributed by atoms with E-state index in [0.717, 1.165) is 17.8 Å². The van der Waals surface area contributed by atoms with Crippen molar-refractivity contribution in [1.82, 2.24) is 15.5 Å². The maximum atomic E-state index is 12.5. The lowest BCUT2D eigenvalue weighted by Gasteiger charge is -2.22.